The van der Waals surface area contributed by atoms with Gasteiger partial charge >= 0.3 is 0 Å². The molecule has 0 bridgehead atoms. The van der Waals surface area contributed by atoms with Gasteiger partial charge in [0.05, 0.1) is 12.4 Å². The average molecular weight is 319 g/mol. The predicted molar refractivity (Wildman–Crippen MR) is 88.0 cm³/mol. The Kier molecular flexibility index (Phi) is 5.72. The Morgan fingerprint density at radius 3 is 2.50 bits per heavy atom. The van der Waals surface area contributed by atoms with Gasteiger partial charge in [-0.1, -0.05) is 37.6 Å². The summed E-state index contributed by atoms with van der Waals surface area (Å²) in [5, 5.41) is 6.63. The third kappa shape index (κ3) is 5.00. The Labute approximate surface area is 135 Å². The lowest BCUT2D eigenvalue weighted by molar-refractivity contribution is 0.0945. The van der Waals surface area contributed by atoms with E-state index in [2.05, 4.69) is 34.4 Å². The van der Waals surface area contributed by atoms with Gasteiger partial charge in [-0.15, -0.1) is 0 Å². The van der Waals surface area contributed by atoms with Crippen molar-refractivity contribution in [2.24, 2.45) is 5.92 Å². The molecule has 0 fully saturated rings. The van der Waals surface area contributed by atoms with E-state index >= 15 is 0 Å². The van der Waals surface area contributed by atoms with Gasteiger partial charge in [0.2, 0.25) is 0 Å². The number of hydrogen-bond donors (Lipinski definition) is 2. The van der Waals surface area contributed by atoms with E-state index in [1.165, 1.54) is 6.20 Å². The largest absolute Gasteiger partial charge is 0.369 e. The Bertz CT molecular complexity index is 611. The molecule has 0 saturated carbocycles. The standard InChI is InChI=1S/C16H19ClN4O/c1-11(2)7-19-15-10-18-14(9-20-15)16(22)21-8-12-3-5-13(17)6-4-12/h3-6,9-11H,7-8H2,1-2H3,(H,19,20)(H,21,22). The van der Waals surface area contributed by atoms with E-state index < -0.39 is 0 Å². The fraction of sp³-hybridized carbons (Fsp3) is 0.312. The van der Waals surface area contributed by atoms with Crippen molar-refractivity contribution < 1.29 is 4.79 Å². The smallest absolute Gasteiger partial charge is 0.271 e. The van der Waals surface area contributed by atoms with Crippen LogP contribution in [0.4, 0.5) is 5.82 Å². The van der Waals surface area contributed by atoms with Crippen LogP contribution in [-0.4, -0.2) is 22.4 Å². The maximum absolute atomic E-state index is 12.0. The molecule has 0 aliphatic carbocycles. The molecule has 0 aliphatic rings. The first-order valence-corrected chi connectivity index (χ1v) is 7.51. The summed E-state index contributed by atoms with van der Waals surface area (Å²) in [5.74, 6) is 0.935. The predicted octanol–water partition coefficient (Wildman–Crippen LogP) is 3.13. The molecule has 1 aromatic carbocycles. The maximum Gasteiger partial charge on any atom is 0.271 e. The quantitative estimate of drug-likeness (QED) is 0.858. The minimum absolute atomic E-state index is 0.252. The molecule has 5 nitrogen and oxygen atoms in total. The summed E-state index contributed by atoms with van der Waals surface area (Å²) in [6.07, 6.45) is 3.04. The monoisotopic (exact) mass is 318 g/mol. The van der Waals surface area contributed by atoms with Gasteiger partial charge < -0.3 is 10.6 Å². The molecule has 2 rings (SSSR count). The number of carbonyl (C=O) groups is 1. The molecular formula is C16H19ClN4O. The molecule has 1 amide bonds. The highest BCUT2D eigenvalue weighted by Crippen LogP contribution is 2.09. The molecule has 1 aromatic heterocycles. The number of benzene rings is 1. The zero-order chi connectivity index (χ0) is 15.9. The van der Waals surface area contributed by atoms with Crippen LogP contribution >= 0.6 is 11.6 Å². The first kappa shape index (κ1) is 16.2. The summed E-state index contributed by atoms with van der Waals surface area (Å²) in [7, 11) is 0. The lowest BCUT2D eigenvalue weighted by Crippen LogP contribution is -2.24. The van der Waals surface area contributed by atoms with Gasteiger partial charge in [-0.3, -0.25) is 4.79 Å². The first-order valence-electron chi connectivity index (χ1n) is 7.13. The summed E-state index contributed by atoms with van der Waals surface area (Å²) in [6, 6.07) is 7.32. The van der Waals surface area contributed by atoms with E-state index in [4.69, 9.17) is 11.6 Å². The van der Waals surface area contributed by atoms with E-state index in [0.717, 1.165) is 12.1 Å². The SMILES string of the molecule is CC(C)CNc1cnc(C(=O)NCc2ccc(Cl)cc2)cn1. The second-order valence-electron chi connectivity index (χ2n) is 5.37. The van der Waals surface area contributed by atoms with Crippen LogP contribution < -0.4 is 10.6 Å². The molecular weight excluding hydrogens is 300 g/mol. The highest BCUT2D eigenvalue weighted by Gasteiger charge is 2.08. The summed E-state index contributed by atoms with van der Waals surface area (Å²) in [6.45, 7) is 5.46. The third-order valence-corrected chi connectivity index (χ3v) is 3.19. The Balaban J connectivity index is 1.88. The Morgan fingerprint density at radius 2 is 1.91 bits per heavy atom. The third-order valence-electron chi connectivity index (χ3n) is 2.94. The van der Waals surface area contributed by atoms with Crippen molar-refractivity contribution in [3.8, 4) is 0 Å². The van der Waals surface area contributed by atoms with Gasteiger partial charge in [0, 0.05) is 18.1 Å². The fourth-order valence-corrected chi connectivity index (χ4v) is 1.85. The normalized spacial score (nSPS) is 10.5. The van der Waals surface area contributed by atoms with Crippen LogP contribution in [0.5, 0.6) is 0 Å². The summed E-state index contributed by atoms with van der Waals surface area (Å²) >= 11 is 5.82. The summed E-state index contributed by atoms with van der Waals surface area (Å²) in [4.78, 5) is 20.3. The number of anilines is 1. The van der Waals surface area contributed by atoms with Crippen LogP contribution in [0.1, 0.15) is 29.9 Å². The molecule has 22 heavy (non-hydrogen) atoms. The van der Waals surface area contributed by atoms with Crippen LogP contribution in [0.25, 0.3) is 0 Å². The maximum atomic E-state index is 12.0. The molecule has 0 unspecified atom stereocenters. The number of nitrogens with zero attached hydrogens (tertiary/aromatic N) is 2. The molecule has 0 aliphatic heterocycles. The number of nitrogens with one attached hydrogen (secondary N) is 2. The molecule has 0 spiro atoms. The minimum Gasteiger partial charge on any atom is -0.369 e. The molecule has 0 atom stereocenters. The number of halogens is 1. The van der Waals surface area contributed by atoms with Crippen LogP contribution in [0.3, 0.4) is 0 Å². The van der Waals surface area contributed by atoms with Crippen molar-refractivity contribution in [2.75, 3.05) is 11.9 Å². The summed E-state index contributed by atoms with van der Waals surface area (Å²) < 4.78 is 0. The molecule has 2 aromatic rings. The molecule has 0 saturated heterocycles. The van der Waals surface area contributed by atoms with Gasteiger partial charge in [-0.2, -0.15) is 0 Å². The van der Waals surface area contributed by atoms with E-state index in [1.807, 2.05) is 12.1 Å². The number of amides is 1. The summed E-state index contributed by atoms with van der Waals surface area (Å²) in [5.41, 5.74) is 1.27. The first-order chi connectivity index (χ1) is 10.5. The highest BCUT2D eigenvalue weighted by molar-refractivity contribution is 6.30. The zero-order valence-corrected chi connectivity index (χ0v) is 13.4. The molecule has 0 radical (unpaired) electrons. The minimum atomic E-state index is -0.252. The van der Waals surface area contributed by atoms with Crippen LogP contribution in [0.2, 0.25) is 5.02 Å². The van der Waals surface area contributed by atoms with Gasteiger partial charge in [0.25, 0.3) is 5.91 Å². The van der Waals surface area contributed by atoms with Crippen LogP contribution in [-0.2, 0) is 6.54 Å². The molecule has 116 valence electrons. The van der Waals surface area contributed by atoms with Crippen molar-refractivity contribution >= 4 is 23.3 Å². The zero-order valence-electron chi connectivity index (χ0n) is 12.6. The molecule has 1 heterocycles. The van der Waals surface area contributed by atoms with E-state index in [9.17, 15) is 4.79 Å². The molecule has 6 heteroatoms. The highest BCUT2D eigenvalue weighted by atomic mass is 35.5. The van der Waals surface area contributed by atoms with Crippen LogP contribution in [0, 0.1) is 5.92 Å². The van der Waals surface area contributed by atoms with Gasteiger partial charge in [0.1, 0.15) is 11.5 Å². The Hall–Kier alpha value is -2.14. The van der Waals surface area contributed by atoms with Gasteiger partial charge in [-0.25, -0.2) is 9.97 Å². The van der Waals surface area contributed by atoms with E-state index in [0.29, 0.717) is 29.0 Å². The number of carbonyl (C=O) groups excluding carboxylic acids is 1. The van der Waals surface area contributed by atoms with Crippen molar-refractivity contribution in [3.05, 3.63) is 52.9 Å². The van der Waals surface area contributed by atoms with E-state index in [-0.39, 0.29) is 5.91 Å². The van der Waals surface area contributed by atoms with Crippen molar-refractivity contribution in [1.29, 1.82) is 0 Å². The second kappa shape index (κ2) is 7.75. The lowest BCUT2D eigenvalue weighted by Gasteiger charge is -2.08. The number of hydrogen-bond acceptors (Lipinski definition) is 4. The van der Waals surface area contributed by atoms with Crippen molar-refractivity contribution in [3.63, 3.8) is 0 Å². The van der Waals surface area contributed by atoms with Crippen LogP contribution in [0.15, 0.2) is 36.7 Å². The fourth-order valence-electron chi connectivity index (χ4n) is 1.72. The number of rotatable bonds is 6. The second-order valence-corrected chi connectivity index (χ2v) is 5.81. The average Bonchev–Trinajstić information content (AvgIpc) is 2.52. The Morgan fingerprint density at radius 1 is 1.18 bits per heavy atom. The van der Waals surface area contributed by atoms with Crippen molar-refractivity contribution in [1.82, 2.24) is 15.3 Å². The topological polar surface area (TPSA) is 66.9 Å². The van der Waals surface area contributed by atoms with Gasteiger partial charge in [0.15, 0.2) is 0 Å². The van der Waals surface area contributed by atoms with Crippen molar-refractivity contribution in [2.45, 2.75) is 20.4 Å². The van der Waals surface area contributed by atoms with E-state index in [1.54, 1.807) is 18.3 Å². The molecule has 2 N–H and O–H groups in total. The number of aromatic nitrogens is 2. The van der Waals surface area contributed by atoms with Gasteiger partial charge in [-0.05, 0) is 23.6 Å². The lowest BCUT2D eigenvalue weighted by atomic mass is 10.2.